The van der Waals surface area contributed by atoms with E-state index in [1.165, 1.54) is 18.2 Å². The molecule has 0 saturated carbocycles. The molecule has 0 unspecified atom stereocenters. The molecule has 0 aliphatic carbocycles. The highest BCUT2D eigenvalue weighted by Gasteiger charge is 2.31. The zero-order valence-corrected chi connectivity index (χ0v) is 14.5. The van der Waals surface area contributed by atoms with Crippen LogP contribution in [-0.2, 0) is 28.6 Å². The van der Waals surface area contributed by atoms with Gasteiger partial charge in [0.05, 0.1) is 16.9 Å². The molecule has 0 spiro atoms. The van der Waals surface area contributed by atoms with Gasteiger partial charge in [0, 0.05) is 29.5 Å². The van der Waals surface area contributed by atoms with Crippen LogP contribution in [-0.4, -0.2) is 13.4 Å². The number of aromatic nitrogens is 1. The van der Waals surface area contributed by atoms with Gasteiger partial charge in [0.15, 0.2) is 0 Å². The normalized spacial score (nSPS) is 12.3. The first kappa shape index (κ1) is 18.1. The third-order valence-electron chi connectivity index (χ3n) is 3.66. The van der Waals surface area contributed by atoms with Crippen LogP contribution in [0.25, 0.3) is 10.9 Å². The van der Waals surface area contributed by atoms with Crippen LogP contribution in [0, 0.1) is 0 Å². The predicted molar refractivity (Wildman–Crippen MR) is 94.4 cm³/mol. The molecule has 11 heteroatoms. The van der Waals surface area contributed by atoms with Gasteiger partial charge in [0.2, 0.25) is 0 Å². The molecule has 0 bridgehead atoms. The van der Waals surface area contributed by atoms with Crippen LogP contribution in [0.1, 0.15) is 5.56 Å². The minimum absolute atomic E-state index is 0.0426. The lowest BCUT2D eigenvalue weighted by atomic mass is 10.1. The number of rotatable bonds is 4. The van der Waals surface area contributed by atoms with Crippen molar-refractivity contribution in [1.29, 1.82) is 0 Å². The lowest BCUT2D eigenvalue weighted by molar-refractivity contribution is -0.137. The molecule has 6 nitrogen and oxygen atoms in total. The number of nitrogens with two attached hydrogens (primary N) is 1. The summed E-state index contributed by atoms with van der Waals surface area (Å²) in [5.74, 6) is 0. The first-order valence-electron chi connectivity index (χ1n) is 7.06. The van der Waals surface area contributed by atoms with E-state index in [1.807, 2.05) is 0 Å². The SMILES string of the molecule is Nc1cccc(NS(=O)(=O)c2c[nH]c3cc(C(F)(F)F)ccc23)c1N=S. The number of nitrogen functional groups attached to an aromatic ring is 1. The van der Waals surface area contributed by atoms with Gasteiger partial charge in [-0.1, -0.05) is 12.1 Å². The van der Waals surface area contributed by atoms with Crippen molar-refractivity contribution >= 4 is 50.4 Å². The van der Waals surface area contributed by atoms with Crippen LogP contribution in [0.4, 0.5) is 30.2 Å². The summed E-state index contributed by atoms with van der Waals surface area (Å²) in [5.41, 5.74) is 5.22. The van der Waals surface area contributed by atoms with Gasteiger partial charge in [0.1, 0.15) is 10.6 Å². The van der Waals surface area contributed by atoms with Gasteiger partial charge in [-0.3, -0.25) is 4.72 Å². The fourth-order valence-corrected chi connectivity index (χ4v) is 3.89. The molecule has 3 aromatic rings. The van der Waals surface area contributed by atoms with Gasteiger partial charge in [-0.05, 0) is 24.3 Å². The number of hydrogen-bond acceptors (Lipinski definition) is 5. The lowest BCUT2D eigenvalue weighted by Crippen LogP contribution is -2.13. The summed E-state index contributed by atoms with van der Waals surface area (Å²) in [4.78, 5) is 2.34. The van der Waals surface area contributed by atoms with Gasteiger partial charge >= 0.3 is 6.18 Å². The third-order valence-corrected chi connectivity index (χ3v) is 5.25. The van der Waals surface area contributed by atoms with Crippen molar-refractivity contribution in [3.8, 4) is 0 Å². The number of fused-ring (bicyclic) bond motifs is 1. The first-order valence-corrected chi connectivity index (χ1v) is 8.91. The maximum absolute atomic E-state index is 12.8. The van der Waals surface area contributed by atoms with Crippen LogP contribution in [0.15, 0.2) is 51.9 Å². The second-order valence-corrected chi connectivity index (χ2v) is 7.18. The van der Waals surface area contributed by atoms with Crippen molar-refractivity contribution in [2.24, 2.45) is 4.36 Å². The van der Waals surface area contributed by atoms with Crippen LogP contribution in [0.2, 0.25) is 0 Å². The Bertz CT molecular complexity index is 1110. The number of H-pyrrole nitrogens is 1. The molecule has 0 fully saturated rings. The minimum atomic E-state index is -4.53. The molecule has 0 atom stereocenters. The fourth-order valence-electron chi connectivity index (χ4n) is 2.44. The van der Waals surface area contributed by atoms with Crippen molar-refractivity contribution in [3.63, 3.8) is 0 Å². The Kier molecular flexibility index (Phi) is 4.36. The number of nitrogens with zero attached hydrogens (tertiary/aromatic N) is 1. The van der Waals surface area contributed by atoms with Crippen molar-refractivity contribution in [3.05, 3.63) is 48.2 Å². The average molecular weight is 400 g/mol. The lowest BCUT2D eigenvalue weighted by Gasteiger charge is -2.11. The van der Waals surface area contributed by atoms with E-state index in [1.54, 1.807) is 0 Å². The second-order valence-electron chi connectivity index (χ2n) is 5.35. The number of anilines is 2. The van der Waals surface area contributed by atoms with E-state index in [4.69, 9.17) is 5.73 Å². The van der Waals surface area contributed by atoms with E-state index in [2.05, 4.69) is 26.5 Å². The van der Waals surface area contributed by atoms with Crippen LogP contribution in [0.5, 0.6) is 0 Å². The molecular weight excluding hydrogens is 389 g/mol. The Morgan fingerprint density at radius 3 is 2.58 bits per heavy atom. The number of sulfonamides is 1. The van der Waals surface area contributed by atoms with E-state index in [0.29, 0.717) is 0 Å². The number of nitrogens with one attached hydrogen (secondary N) is 2. The zero-order chi connectivity index (χ0) is 19.1. The molecule has 3 rings (SSSR count). The maximum Gasteiger partial charge on any atom is 0.416 e. The van der Waals surface area contributed by atoms with Crippen LogP contribution < -0.4 is 10.5 Å². The summed E-state index contributed by atoms with van der Waals surface area (Å²) in [6.45, 7) is 0. The molecule has 0 aliphatic rings. The van der Waals surface area contributed by atoms with Crippen molar-refractivity contribution in [2.75, 3.05) is 10.5 Å². The highest BCUT2D eigenvalue weighted by molar-refractivity contribution is 7.93. The van der Waals surface area contributed by atoms with E-state index < -0.39 is 21.8 Å². The molecule has 0 radical (unpaired) electrons. The first-order chi connectivity index (χ1) is 12.1. The van der Waals surface area contributed by atoms with Crippen LogP contribution >= 0.6 is 0 Å². The summed E-state index contributed by atoms with van der Waals surface area (Å²) in [6, 6.07) is 7.21. The molecule has 26 heavy (non-hydrogen) atoms. The number of benzene rings is 2. The van der Waals surface area contributed by atoms with Crippen molar-refractivity contribution < 1.29 is 21.6 Å². The predicted octanol–water partition coefficient (Wildman–Crippen LogP) is 3.93. The molecule has 1 aromatic heterocycles. The number of halogens is 3. The minimum Gasteiger partial charge on any atom is -0.397 e. The Hall–Kier alpha value is -2.66. The molecule has 2 aromatic carbocycles. The summed E-state index contributed by atoms with van der Waals surface area (Å²) >= 11 is 4.61. The quantitative estimate of drug-likeness (QED) is 0.578. The summed E-state index contributed by atoms with van der Waals surface area (Å²) in [7, 11) is -4.12. The van der Waals surface area contributed by atoms with Gasteiger partial charge in [0.25, 0.3) is 10.0 Å². The van der Waals surface area contributed by atoms with E-state index in [-0.39, 0.29) is 32.9 Å². The summed E-state index contributed by atoms with van der Waals surface area (Å²) in [6.07, 6.45) is -3.41. The maximum atomic E-state index is 12.8. The number of hydrogen-bond donors (Lipinski definition) is 3. The highest BCUT2D eigenvalue weighted by Crippen LogP contribution is 2.35. The zero-order valence-electron chi connectivity index (χ0n) is 12.8. The Morgan fingerprint density at radius 2 is 1.92 bits per heavy atom. The summed E-state index contributed by atoms with van der Waals surface area (Å²) in [5, 5.41) is 0.117. The smallest absolute Gasteiger partial charge is 0.397 e. The molecule has 1 heterocycles. The summed E-state index contributed by atoms with van der Waals surface area (Å²) < 4.78 is 69.5. The molecular formula is C15H11F3N4O2S2. The number of alkyl halides is 3. The van der Waals surface area contributed by atoms with Crippen LogP contribution in [0.3, 0.4) is 0 Å². The van der Waals surface area contributed by atoms with E-state index in [0.717, 1.165) is 24.4 Å². The standard InChI is InChI=1S/C15H11F3N4O2S2/c16-15(17,18)8-4-5-9-12(6-8)20-7-13(9)26(23,24)22-11-3-1-2-10(19)14(11)21-25/h1-7,20,22H,19H2. The van der Waals surface area contributed by atoms with Crippen molar-refractivity contribution in [2.45, 2.75) is 11.1 Å². The van der Waals surface area contributed by atoms with E-state index in [9.17, 15) is 21.6 Å². The highest BCUT2D eigenvalue weighted by atomic mass is 32.2. The Morgan fingerprint density at radius 1 is 1.19 bits per heavy atom. The third kappa shape index (κ3) is 3.22. The topological polar surface area (TPSA) is 100 Å². The second kappa shape index (κ2) is 6.25. The van der Waals surface area contributed by atoms with Gasteiger partial charge in [-0.25, -0.2) is 8.42 Å². The molecule has 0 amide bonds. The molecule has 0 aliphatic heterocycles. The molecule has 136 valence electrons. The van der Waals surface area contributed by atoms with Gasteiger partial charge in [-0.2, -0.15) is 17.5 Å². The average Bonchev–Trinajstić information content (AvgIpc) is 2.98. The number of aromatic amines is 1. The molecule has 0 saturated heterocycles. The Balaban J connectivity index is 2.06. The van der Waals surface area contributed by atoms with Crippen molar-refractivity contribution in [1.82, 2.24) is 4.98 Å². The van der Waals surface area contributed by atoms with E-state index >= 15 is 0 Å². The largest absolute Gasteiger partial charge is 0.416 e. The van der Waals surface area contributed by atoms with Gasteiger partial charge in [-0.15, -0.1) is 0 Å². The molecule has 4 N–H and O–H groups in total. The monoisotopic (exact) mass is 400 g/mol. The fraction of sp³-hybridized carbons (Fsp3) is 0.0667. The Labute approximate surface area is 151 Å². The van der Waals surface area contributed by atoms with Gasteiger partial charge < -0.3 is 10.7 Å².